The van der Waals surface area contributed by atoms with Gasteiger partial charge < -0.3 is 19.9 Å². The van der Waals surface area contributed by atoms with Gasteiger partial charge in [-0.25, -0.2) is 0 Å². The van der Waals surface area contributed by atoms with Crippen LogP contribution in [0.15, 0.2) is 30.3 Å². The number of amides is 2. The van der Waals surface area contributed by atoms with Crippen LogP contribution in [0.3, 0.4) is 0 Å². The van der Waals surface area contributed by atoms with E-state index in [-0.39, 0.29) is 0 Å². The maximum absolute atomic E-state index is 12.0. The van der Waals surface area contributed by atoms with Crippen LogP contribution in [0.4, 0.5) is 5.69 Å². The van der Waals surface area contributed by atoms with E-state index >= 15 is 0 Å². The van der Waals surface area contributed by atoms with Crippen LogP contribution in [0.2, 0.25) is 0 Å². The van der Waals surface area contributed by atoms with E-state index in [0.717, 1.165) is 18.8 Å². The zero-order chi connectivity index (χ0) is 15.1. The average Bonchev–Trinajstić information content (AvgIpc) is 2.55. The van der Waals surface area contributed by atoms with Gasteiger partial charge in [0.15, 0.2) is 0 Å². The van der Waals surface area contributed by atoms with Crippen molar-refractivity contribution in [3.8, 4) is 0 Å². The fraction of sp³-hybridized carbons (Fsp3) is 0.467. The third kappa shape index (κ3) is 4.19. The number of carbonyl (C=O) groups excluding carboxylic acids is 2. The molecule has 0 radical (unpaired) electrons. The van der Waals surface area contributed by atoms with Gasteiger partial charge in [-0.15, -0.1) is 0 Å². The Hall–Kier alpha value is -2.08. The van der Waals surface area contributed by atoms with Crippen molar-refractivity contribution in [3.05, 3.63) is 30.3 Å². The summed E-state index contributed by atoms with van der Waals surface area (Å²) in [7, 11) is 1.55. The van der Waals surface area contributed by atoms with Gasteiger partial charge in [-0.3, -0.25) is 9.59 Å². The molecule has 1 aromatic carbocycles. The quantitative estimate of drug-likeness (QED) is 0.631. The van der Waals surface area contributed by atoms with E-state index in [4.69, 9.17) is 4.74 Å². The van der Waals surface area contributed by atoms with Gasteiger partial charge in [-0.1, -0.05) is 18.2 Å². The second kappa shape index (κ2) is 7.64. The highest BCUT2D eigenvalue weighted by atomic mass is 16.5. The molecule has 2 rings (SSSR count). The first kappa shape index (κ1) is 15.3. The first-order valence-corrected chi connectivity index (χ1v) is 7.08. The Morgan fingerprint density at radius 3 is 2.43 bits per heavy atom. The second-order valence-corrected chi connectivity index (χ2v) is 4.86. The Kier molecular flexibility index (Phi) is 5.57. The number of nitrogens with one attached hydrogen (secondary N) is 1. The van der Waals surface area contributed by atoms with Crippen molar-refractivity contribution in [2.75, 3.05) is 51.3 Å². The zero-order valence-electron chi connectivity index (χ0n) is 12.2. The van der Waals surface area contributed by atoms with E-state index in [1.54, 1.807) is 12.0 Å². The molecule has 2 amide bonds. The van der Waals surface area contributed by atoms with Crippen LogP contribution in [0, 0.1) is 0 Å². The molecule has 1 aliphatic heterocycles. The molecule has 0 atom stereocenters. The van der Waals surface area contributed by atoms with Crippen molar-refractivity contribution in [3.63, 3.8) is 0 Å². The predicted octanol–water partition coefficient (Wildman–Crippen LogP) is 0.0978. The van der Waals surface area contributed by atoms with Gasteiger partial charge in [0.1, 0.15) is 0 Å². The zero-order valence-corrected chi connectivity index (χ0v) is 12.2. The van der Waals surface area contributed by atoms with Gasteiger partial charge >= 0.3 is 11.8 Å². The minimum absolute atomic E-state index is 0.352. The summed E-state index contributed by atoms with van der Waals surface area (Å²) >= 11 is 0. The van der Waals surface area contributed by atoms with Gasteiger partial charge in [0.05, 0.1) is 6.61 Å². The number of carbonyl (C=O) groups is 2. The van der Waals surface area contributed by atoms with E-state index in [2.05, 4.69) is 22.3 Å². The molecular weight excluding hydrogens is 270 g/mol. The molecule has 21 heavy (non-hydrogen) atoms. The van der Waals surface area contributed by atoms with Crippen LogP contribution in [-0.4, -0.2) is 63.2 Å². The summed E-state index contributed by atoms with van der Waals surface area (Å²) in [4.78, 5) is 27.5. The Labute approximate surface area is 124 Å². The van der Waals surface area contributed by atoms with Crippen molar-refractivity contribution >= 4 is 17.5 Å². The lowest BCUT2D eigenvalue weighted by Gasteiger charge is -2.35. The number of para-hydroxylation sites is 1. The number of benzene rings is 1. The SMILES string of the molecule is COCCNC(=O)C(=O)N1CCN(c2ccccc2)CC1. The molecular formula is C15H21N3O3. The highest BCUT2D eigenvalue weighted by molar-refractivity contribution is 6.35. The van der Waals surface area contributed by atoms with E-state index < -0.39 is 11.8 Å². The standard InChI is InChI=1S/C15H21N3O3/c1-21-12-7-16-14(19)15(20)18-10-8-17(9-11-18)13-5-3-2-4-6-13/h2-6H,7-12H2,1H3,(H,16,19). The predicted molar refractivity (Wildman–Crippen MR) is 80.1 cm³/mol. The molecule has 114 valence electrons. The molecule has 0 bridgehead atoms. The van der Waals surface area contributed by atoms with Gasteiger partial charge in [0, 0.05) is 45.5 Å². The van der Waals surface area contributed by atoms with Gasteiger partial charge in [-0.2, -0.15) is 0 Å². The van der Waals surface area contributed by atoms with Crippen molar-refractivity contribution in [2.24, 2.45) is 0 Å². The second-order valence-electron chi connectivity index (χ2n) is 4.86. The molecule has 1 saturated heterocycles. The minimum Gasteiger partial charge on any atom is -0.383 e. The maximum Gasteiger partial charge on any atom is 0.312 e. The molecule has 6 heteroatoms. The van der Waals surface area contributed by atoms with E-state index in [1.165, 1.54) is 0 Å². The maximum atomic E-state index is 12.0. The first-order valence-electron chi connectivity index (χ1n) is 7.08. The number of methoxy groups -OCH3 is 1. The first-order chi connectivity index (χ1) is 10.2. The number of rotatable bonds is 4. The Morgan fingerprint density at radius 1 is 1.14 bits per heavy atom. The van der Waals surface area contributed by atoms with Crippen LogP contribution in [-0.2, 0) is 14.3 Å². The minimum atomic E-state index is -0.555. The summed E-state index contributed by atoms with van der Waals surface area (Å²) in [6.07, 6.45) is 0. The summed E-state index contributed by atoms with van der Waals surface area (Å²) in [6.45, 7) is 3.35. The molecule has 1 aromatic rings. The Morgan fingerprint density at radius 2 is 1.81 bits per heavy atom. The average molecular weight is 291 g/mol. The molecule has 0 spiro atoms. The molecule has 1 heterocycles. The van der Waals surface area contributed by atoms with Crippen LogP contribution >= 0.6 is 0 Å². The highest BCUT2D eigenvalue weighted by Gasteiger charge is 2.25. The number of piperazine rings is 1. The summed E-state index contributed by atoms with van der Waals surface area (Å²) in [5.74, 6) is -1.01. The van der Waals surface area contributed by atoms with Crippen LogP contribution in [0.5, 0.6) is 0 Å². The molecule has 0 aliphatic carbocycles. The highest BCUT2D eigenvalue weighted by Crippen LogP contribution is 2.15. The molecule has 0 aromatic heterocycles. The summed E-state index contributed by atoms with van der Waals surface area (Å²) < 4.78 is 4.83. The third-order valence-electron chi connectivity index (χ3n) is 3.47. The number of nitrogens with zero attached hydrogens (tertiary/aromatic N) is 2. The number of ether oxygens (including phenoxy) is 1. The van der Waals surface area contributed by atoms with Crippen LogP contribution in [0.1, 0.15) is 0 Å². The third-order valence-corrected chi connectivity index (χ3v) is 3.47. The van der Waals surface area contributed by atoms with Crippen molar-refractivity contribution in [2.45, 2.75) is 0 Å². The monoisotopic (exact) mass is 291 g/mol. The molecule has 0 saturated carbocycles. The number of hydrogen-bond donors (Lipinski definition) is 1. The summed E-state index contributed by atoms with van der Waals surface area (Å²) in [5, 5.41) is 2.55. The fourth-order valence-corrected chi connectivity index (χ4v) is 2.29. The lowest BCUT2D eigenvalue weighted by molar-refractivity contribution is -0.146. The normalized spacial score (nSPS) is 14.9. The van der Waals surface area contributed by atoms with Crippen LogP contribution in [0.25, 0.3) is 0 Å². The van der Waals surface area contributed by atoms with Gasteiger partial charge in [0.25, 0.3) is 0 Å². The van der Waals surface area contributed by atoms with Gasteiger partial charge in [-0.05, 0) is 12.1 Å². The number of hydrogen-bond acceptors (Lipinski definition) is 4. The molecule has 0 unspecified atom stereocenters. The number of anilines is 1. The van der Waals surface area contributed by atoms with Crippen molar-refractivity contribution < 1.29 is 14.3 Å². The van der Waals surface area contributed by atoms with E-state index in [9.17, 15) is 9.59 Å². The molecule has 1 aliphatic rings. The largest absolute Gasteiger partial charge is 0.383 e. The van der Waals surface area contributed by atoms with Gasteiger partial charge in [0.2, 0.25) is 0 Å². The summed E-state index contributed by atoms with van der Waals surface area (Å²) in [6, 6.07) is 10.1. The smallest absolute Gasteiger partial charge is 0.312 e. The topological polar surface area (TPSA) is 61.9 Å². The molecule has 1 N–H and O–H groups in total. The lowest BCUT2D eigenvalue weighted by atomic mass is 10.2. The Bertz CT molecular complexity index is 470. The lowest BCUT2D eigenvalue weighted by Crippen LogP contribution is -2.53. The molecule has 1 fully saturated rings. The Balaban J connectivity index is 1.80. The van der Waals surface area contributed by atoms with E-state index in [0.29, 0.717) is 26.2 Å². The van der Waals surface area contributed by atoms with E-state index in [1.807, 2.05) is 18.2 Å². The van der Waals surface area contributed by atoms with Crippen molar-refractivity contribution in [1.29, 1.82) is 0 Å². The molecule has 6 nitrogen and oxygen atoms in total. The van der Waals surface area contributed by atoms with Crippen molar-refractivity contribution in [1.82, 2.24) is 10.2 Å². The fourth-order valence-electron chi connectivity index (χ4n) is 2.29. The summed E-state index contributed by atoms with van der Waals surface area (Å²) in [5.41, 5.74) is 1.15. The van der Waals surface area contributed by atoms with Crippen LogP contribution < -0.4 is 10.2 Å².